The Balaban J connectivity index is 2.21. The molecule has 84 valence electrons. The third-order valence-corrected chi connectivity index (χ3v) is 3.50. The molecule has 1 unspecified atom stereocenters. The zero-order chi connectivity index (χ0) is 10.4. The van der Waals surface area contributed by atoms with E-state index in [1.54, 1.807) is 0 Å². The lowest BCUT2D eigenvalue weighted by Crippen LogP contribution is -2.48. The second kappa shape index (κ2) is 6.41. The third kappa shape index (κ3) is 3.25. The van der Waals surface area contributed by atoms with Crippen molar-refractivity contribution in [1.82, 2.24) is 10.2 Å². The van der Waals surface area contributed by atoms with Gasteiger partial charge in [-0.15, -0.1) is 0 Å². The molecule has 2 nitrogen and oxygen atoms in total. The van der Waals surface area contributed by atoms with Gasteiger partial charge in [-0.1, -0.05) is 20.3 Å². The highest BCUT2D eigenvalue weighted by molar-refractivity contribution is 4.83. The highest BCUT2D eigenvalue weighted by atomic mass is 15.2. The summed E-state index contributed by atoms with van der Waals surface area (Å²) in [4.78, 5) is 2.59. The van der Waals surface area contributed by atoms with Crippen molar-refractivity contribution in [2.24, 2.45) is 0 Å². The van der Waals surface area contributed by atoms with Crippen LogP contribution in [-0.2, 0) is 0 Å². The van der Waals surface area contributed by atoms with Crippen molar-refractivity contribution in [3.63, 3.8) is 0 Å². The van der Waals surface area contributed by atoms with Gasteiger partial charge in [-0.25, -0.2) is 0 Å². The summed E-state index contributed by atoms with van der Waals surface area (Å²) < 4.78 is 0. The Hall–Kier alpha value is -0.0800. The van der Waals surface area contributed by atoms with Crippen LogP contribution in [0.3, 0.4) is 0 Å². The summed E-state index contributed by atoms with van der Waals surface area (Å²) >= 11 is 0. The molecule has 1 saturated carbocycles. The van der Waals surface area contributed by atoms with Gasteiger partial charge in [-0.05, 0) is 39.3 Å². The summed E-state index contributed by atoms with van der Waals surface area (Å²) in [5.74, 6) is 0. The Bertz CT molecular complexity index is 143. The van der Waals surface area contributed by atoms with Crippen molar-refractivity contribution >= 4 is 0 Å². The fourth-order valence-electron chi connectivity index (χ4n) is 2.11. The van der Waals surface area contributed by atoms with Crippen LogP contribution in [0.5, 0.6) is 0 Å². The molecule has 1 fully saturated rings. The second-order valence-corrected chi connectivity index (χ2v) is 4.52. The van der Waals surface area contributed by atoms with E-state index < -0.39 is 0 Å². The lowest BCUT2D eigenvalue weighted by molar-refractivity contribution is 0.106. The lowest BCUT2D eigenvalue weighted by atomic mass is 9.90. The molecule has 0 bridgehead atoms. The van der Waals surface area contributed by atoms with Crippen LogP contribution < -0.4 is 5.32 Å². The van der Waals surface area contributed by atoms with Crippen LogP contribution in [-0.4, -0.2) is 37.1 Å². The summed E-state index contributed by atoms with van der Waals surface area (Å²) in [5.41, 5.74) is 0. The average Bonchev–Trinajstić information content (AvgIpc) is 2.09. The summed E-state index contributed by atoms with van der Waals surface area (Å²) in [6.45, 7) is 6.85. The molecule has 0 aromatic heterocycles. The number of hydrogen-bond acceptors (Lipinski definition) is 2. The first kappa shape index (κ1) is 12.0. The summed E-state index contributed by atoms with van der Waals surface area (Å²) in [7, 11) is 2.30. The Labute approximate surface area is 89.1 Å². The Kier molecular flexibility index (Phi) is 5.49. The van der Waals surface area contributed by atoms with Crippen LogP contribution in [0.4, 0.5) is 0 Å². The normalized spacial score (nSPS) is 19.7. The maximum absolute atomic E-state index is 3.53. The van der Waals surface area contributed by atoms with Gasteiger partial charge in [0.2, 0.25) is 0 Å². The summed E-state index contributed by atoms with van der Waals surface area (Å²) in [6.07, 6.45) is 6.78. The molecule has 1 aliphatic carbocycles. The minimum absolute atomic E-state index is 0.742. The number of nitrogens with zero attached hydrogens (tertiary/aromatic N) is 1. The number of hydrogen-bond donors (Lipinski definition) is 1. The van der Waals surface area contributed by atoms with Gasteiger partial charge < -0.3 is 5.32 Å². The summed E-state index contributed by atoms with van der Waals surface area (Å²) in [6, 6.07) is 1.62. The lowest BCUT2D eigenvalue weighted by Gasteiger charge is -2.40. The molecule has 0 radical (unpaired) electrons. The molecular formula is C12H26N2. The highest BCUT2D eigenvalue weighted by Crippen LogP contribution is 2.25. The quantitative estimate of drug-likeness (QED) is 0.631. The molecule has 0 aliphatic heterocycles. The van der Waals surface area contributed by atoms with Gasteiger partial charge >= 0.3 is 0 Å². The van der Waals surface area contributed by atoms with E-state index in [0.717, 1.165) is 25.2 Å². The molecule has 1 atom stereocenters. The molecule has 0 heterocycles. The Morgan fingerprint density at radius 3 is 2.50 bits per heavy atom. The van der Waals surface area contributed by atoms with Gasteiger partial charge in [0.25, 0.3) is 0 Å². The second-order valence-electron chi connectivity index (χ2n) is 4.52. The SMILES string of the molecule is CCCNCC(CC)N(C)C1CCC1. The van der Waals surface area contributed by atoms with E-state index in [2.05, 4.69) is 31.1 Å². The van der Waals surface area contributed by atoms with Crippen molar-refractivity contribution in [3.8, 4) is 0 Å². The number of likely N-dealkylation sites (N-methyl/N-ethyl adjacent to an activating group) is 1. The molecule has 1 aliphatic rings. The minimum atomic E-state index is 0.742. The average molecular weight is 198 g/mol. The number of nitrogens with one attached hydrogen (secondary N) is 1. The van der Waals surface area contributed by atoms with Crippen LogP contribution in [0.1, 0.15) is 46.0 Å². The molecule has 2 heteroatoms. The van der Waals surface area contributed by atoms with Gasteiger partial charge in [-0.2, -0.15) is 0 Å². The van der Waals surface area contributed by atoms with E-state index in [9.17, 15) is 0 Å². The fourth-order valence-corrected chi connectivity index (χ4v) is 2.11. The molecule has 1 N–H and O–H groups in total. The first-order valence-corrected chi connectivity index (χ1v) is 6.22. The molecule has 1 rings (SSSR count). The fraction of sp³-hybridized carbons (Fsp3) is 1.00. The molecule has 0 amide bonds. The van der Waals surface area contributed by atoms with Crippen LogP contribution >= 0.6 is 0 Å². The first-order valence-electron chi connectivity index (χ1n) is 6.22. The maximum Gasteiger partial charge on any atom is 0.0217 e. The monoisotopic (exact) mass is 198 g/mol. The van der Waals surface area contributed by atoms with Crippen LogP contribution in [0.2, 0.25) is 0 Å². The van der Waals surface area contributed by atoms with Crippen molar-refractivity contribution in [3.05, 3.63) is 0 Å². The van der Waals surface area contributed by atoms with Crippen LogP contribution in [0.25, 0.3) is 0 Å². The molecule has 0 aromatic carbocycles. The molecule has 0 aromatic rings. The van der Waals surface area contributed by atoms with Gasteiger partial charge in [0.05, 0.1) is 0 Å². The van der Waals surface area contributed by atoms with E-state index >= 15 is 0 Å². The standard InChI is InChI=1S/C12H26N2/c1-4-9-13-10-11(5-2)14(3)12-7-6-8-12/h11-13H,4-10H2,1-3H3. The zero-order valence-electron chi connectivity index (χ0n) is 10.1. The highest BCUT2D eigenvalue weighted by Gasteiger charge is 2.26. The Morgan fingerprint density at radius 1 is 1.36 bits per heavy atom. The van der Waals surface area contributed by atoms with E-state index in [-0.39, 0.29) is 0 Å². The largest absolute Gasteiger partial charge is 0.315 e. The third-order valence-electron chi connectivity index (χ3n) is 3.50. The molecule has 14 heavy (non-hydrogen) atoms. The first-order chi connectivity index (χ1) is 6.79. The van der Waals surface area contributed by atoms with E-state index in [0.29, 0.717) is 0 Å². The van der Waals surface area contributed by atoms with Crippen molar-refractivity contribution in [2.75, 3.05) is 20.1 Å². The molecule has 0 spiro atoms. The minimum Gasteiger partial charge on any atom is -0.315 e. The van der Waals surface area contributed by atoms with Gasteiger partial charge in [0.1, 0.15) is 0 Å². The van der Waals surface area contributed by atoms with Crippen LogP contribution in [0.15, 0.2) is 0 Å². The van der Waals surface area contributed by atoms with Crippen molar-refractivity contribution in [1.29, 1.82) is 0 Å². The molecular weight excluding hydrogens is 172 g/mol. The molecule has 0 saturated heterocycles. The smallest absolute Gasteiger partial charge is 0.0217 e. The van der Waals surface area contributed by atoms with Gasteiger partial charge in [0.15, 0.2) is 0 Å². The van der Waals surface area contributed by atoms with Crippen molar-refractivity contribution < 1.29 is 0 Å². The van der Waals surface area contributed by atoms with E-state index in [4.69, 9.17) is 0 Å². The number of rotatable bonds is 7. The van der Waals surface area contributed by atoms with E-state index in [1.165, 1.54) is 32.1 Å². The summed E-state index contributed by atoms with van der Waals surface area (Å²) in [5, 5.41) is 3.53. The zero-order valence-corrected chi connectivity index (χ0v) is 10.1. The van der Waals surface area contributed by atoms with Gasteiger partial charge in [-0.3, -0.25) is 4.90 Å². The predicted octanol–water partition coefficient (Wildman–Crippen LogP) is 2.25. The van der Waals surface area contributed by atoms with Crippen molar-refractivity contribution in [2.45, 2.75) is 58.0 Å². The van der Waals surface area contributed by atoms with E-state index in [1.807, 2.05) is 0 Å². The topological polar surface area (TPSA) is 15.3 Å². The van der Waals surface area contributed by atoms with Crippen LogP contribution in [0, 0.1) is 0 Å². The predicted molar refractivity (Wildman–Crippen MR) is 62.6 cm³/mol. The van der Waals surface area contributed by atoms with Gasteiger partial charge in [0, 0.05) is 18.6 Å². The maximum atomic E-state index is 3.53. The Morgan fingerprint density at radius 2 is 2.07 bits per heavy atom.